The summed E-state index contributed by atoms with van der Waals surface area (Å²) in [5, 5.41) is 0.724. The molecule has 0 aromatic heterocycles. The van der Waals surface area contributed by atoms with Crippen LogP contribution in [0.3, 0.4) is 0 Å². The molecule has 2 rings (SSSR count). The predicted octanol–water partition coefficient (Wildman–Crippen LogP) is 4.35. The van der Waals surface area contributed by atoms with Crippen LogP contribution in [0.15, 0.2) is 18.2 Å². The number of thioether (sulfide) groups is 1. The van der Waals surface area contributed by atoms with E-state index in [0.29, 0.717) is 0 Å². The van der Waals surface area contributed by atoms with Crippen LogP contribution in [0, 0.1) is 5.92 Å². The molecular formula is C13H18ClNS. The largest absolute Gasteiger partial charge is 0.398 e. The van der Waals surface area contributed by atoms with Gasteiger partial charge in [0.05, 0.1) is 0 Å². The molecular weight excluding hydrogens is 238 g/mol. The maximum Gasteiger partial charge on any atom is 0.0426 e. The van der Waals surface area contributed by atoms with Gasteiger partial charge in [-0.3, -0.25) is 0 Å². The van der Waals surface area contributed by atoms with Gasteiger partial charge in [-0.1, -0.05) is 30.5 Å². The second-order valence-corrected chi connectivity index (χ2v) is 5.98. The quantitative estimate of drug-likeness (QED) is 0.810. The van der Waals surface area contributed by atoms with Crippen molar-refractivity contribution in [1.82, 2.24) is 0 Å². The van der Waals surface area contributed by atoms with Gasteiger partial charge in [0.2, 0.25) is 0 Å². The fourth-order valence-electron chi connectivity index (χ4n) is 2.21. The zero-order chi connectivity index (χ0) is 11.4. The predicted molar refractivity (Wildman–Crippen MR) is 74.0 cm³/mol. The van der Waals surface area contributed by atoms with Gasteiger partial charge in [-0.25, -0.2) is 0 Å². The van der Waals surface area contributed by atoms with E-state index < -0.39 is 0 Å². The zero-order valence-corrected chi connectivity index (χ0v) is 11.0. The molecule has 0 bridgehead atoms. The summed E-state index contributed by atoms with van der Waals surface area (Å²) in [7, 11) is 0. The van der Waals surface area contributed by atoms with Gasteiger partial charge in [0.1, 0.15) is 0 Å². The van der Waals surface area contributed by atoms with Crippen molar-refractivity contribution in [3.8, 4) is 0 Å². The Labute approximate surface area is 107 Å². The van der Waals surface area contributed by atoms with Crippen LogP contribution >= 0.6 is 23.4 Å². The van der Waals surface area contributed by atoms with Crippen molar-refractivity contribution in [2.24, 2.45) is 5.92 Å². The minimum absolute atomic E-state index is 0.724. The molecule has 2 N–H and O–H groups in total. The van der Waals surface area contributed by atoms with Gasteiger partial charge in [-0.05, 0) is 42.2 Å². The molecule has 1 aromatic carbocycles. The Morgan fingerprint density at radius 1 is 1.31 bits per heavy atom. The summed E-state index contributed by atoms with van der Waals surface area (Å²) in [6.07, 6.45) is 5.69. The molecule has 0 aliphatic heterocycles. The van der Waals surface area contributed by atoms with E-state index >= 15 is 0 Å². The Morgan fingerprint density at radius 2 is 2.06 bits per heavy atom. The standard InChI is InChI=1S/C13H18ClNS/c14-12-6-5-11(13(15)7-12)9-16-8-10-3-1-2-4-10/h5-7,10H,1-4,8-9,15H2. The fraction of sp³-hybridized carbons (Fsp3) is 0.538. The highest BCUT2D eigenvalue weighted by atomic mass is 35.5. The van der Waals surface area contributed by atoms with Crippen LogP contribution in [0.1, 0.15) is 31.2 Å². The minimum atomic E-state index is 0.724. The smallest absolute Gasteiger partial charge is 0.0426 e. The van der Waals surface area contributed by atoms with Gasteiger partial charge in [0, 0.05) is 16.5 Å². The van der Waals surface area contributed by atoms with Crippen molar-refractivity contribution in [1.29, 1.82) is 0 Å². The van der Waals surface area contributed by atoms with Gasteiger partial charge >= 0.3 is 0 Å². The molecule has 1 nitrogen and oxygen atoms in total. The van der Waals surface area contributed by atoms with Crippen molar-refractivity contribution >= 4 is 29.1 Å². The lowest BCUT2D eigenvalue weighted by molar-refractivity contribution is 0.623. The first-order chi connectivity index (χ1) is 7.75. The minimum Gasteiger partial charge on any atom is -0.398 e. The highest BCUT2D eigenvalue weighted by Crippen LogP contribution is 2.30. The molecule has 16 heavy (non-hydrogen) atoms. The lowest BCUT2D eigenvalue weighted by Crippen LogP contribution is -1.98. The molecule has 0 spiro atoms. The third kappa shape index (κ3) is 3.33. The van der Waals surface area contributed by atoms with Gasteiger partial charge in [0.15, 0.2) is 0 Å². The molecule has 0 radical (unpaired) electrons. The third-order valence-corrected chi connectivity index (χ3v) is 4.65. The number of anilines is 1. The van der Waals surface area contributed by atoms with Crippen LogP contribution in [0.2, 0.25) is 5.02 Å². The SMILES string of the molecule is Nc1cc(Cl)ccc1CSCC1CCCC1. The van der Waals surface area contributed by atoms with E-state index in [0.717, 1.165) is 22.4 Å². The van der Waals surface area contributed by atoms with Crippen molar-refractivity contribution in [2.75, 3.05) is 11.5 Å². The molecule has 0 amide bonds. The molecule has 0 atom stereocenters. The summed E-state index contributed by atoms with van der Waals surface area (Å²) in [5.74, 6) is 3.24. The van der Waals surface area contributed by atoms with Gasteiger partial charge in [-0.15, -0.1) is 0 Å². The average Bonchev–Trinajstić information content (AvgIpc) is 2.74. The van der Waals surface area contributed by atoms with E-state index in [4.69, 9.17) is 17.3 Å². The molecule has 0 unspecified atom stereocenters. The summed E-state index contributed by atoms with van der Waals surface area (Å²) in [6, 6.07) is 5.80. The lowest BCUT2D eigenvalue weighted by atomic mass is 10.1. The molecule has 1 saturated carbocycles. The first-order valence-corrected chi connectivity index (χ1v) is 7.40. The Kier molecular flexibility index (Phi) is 4.42. The van der Waals surface area contributed by atoms with E-state index in [9.17, 15) is 0 Å². The van der Waals surface area contributed by atoms with E-state index in [1.54, 1.807) is 0 Å². The van der Waals surface area contributed by atoms with Crippen LogP contribution in [0.4, 0.5) is 5.69 Å². The van der Waals surface area contributed by atoms with Crippen LogP contribution in [-0.4, -0.2) is 5.75 Å². The molecule has 1 aliphatic rings. The van der Waals surface area contributed by atoms with Gasteiger partial charge in [-0.2, -0.15) is 11.8 Å². The number of hydrogen-bond acceptors (Lipinski definition) is 2. The van der Waals surface area contributed by atoms with E-state index in [-0.39, 0.29) is 0 Å². The summed E-state index contributed by atoms with van der Waals surface area (Å²) < 4.78 is 0. The van der Waals surface area contributed by atoms with Crippen LogP contribution in [0.5, 0.6) is 0 Å². The summed E-state index contributed by atoms with van der Waals surface area (Å²) in [6.45, 7) is 0. The third-order valence-electron chi connectivity index (χ3n) is 3.19. The number of hydrogen-bond donors (Lipinski definition) is 1. The normalized spacial score (nSPS) is 16.8. The number of nitrogens with two attached hydrogens (primary N) is 1. The Balaban J connectivity index is 1.80. The molecule has 1 aliphatic carbocycles. The Morgan fingerprint density at radius 3 is 2.75 bits per heavy atom. The lowest BCUT2D eigenvalue weighted by Gasteiger charge is -2.09. The summed E-state index contributed by atoms with van der Waals surface area (Å²) in [5.41, 5.74) is 7.96. The zero-order valence-electron chi connectivity index (χ0n) is 9.42. The van der Waals surface area contributed by atoms with Crippen LogP contribution in [-0.2, 0) is 5.75 Å². The van der Waals surface area contributed by atoms with Crippen molar-refractivity contribution in [3.63, 3.8) is 0 Å². The molecule has 1 fully saturated rings. The summed E-state index contributed by atoms with van der Waals surface area (Å²) in [4.78, 5) is 0. The average molecular weight is 256 g/mol. The van der Waals surface area contributed by atoms with Gasteiger partial charge < -0.3 is 5.73 Å². The number of nitrogen functional groups attached to an aromatic ring is 1. The number of halogens is 1. The highest BCUT2D eigenvalue weighted by molar-refractivity contribution is 7.98. The first kappa shape index (κ1) is 12.1. The molecule has 3 heteroatoms. The molecule has 0 heterocycles. The monoisotopic (exact) mass is 255 g/mol. The first-order valence-electron chi connectivity index (χ1n) is 5.87. The van der Waals surface area contributed by atoms with E-state index in [1.165, 1.54) is 37.0 Å². The number of benzene rings is 1. The topological polar surface area (TPSA) is 26.0 Å². The molecule has 1 aromatic rings. The second kappa shape index (κ2) is 5.83. The van der Waals surface area contributed by atoms with Crippen molar-refractivity contribution < 1.29 is 0 Å². The summed E-state index contributed by atoms with van der Waals surface area (Å²) >= 11 is 7.87. The van der Waals surface area contributed by atoms with E-state index in [1.807, 2.05) is 30.0 Å². The maximum atomic E-state index is 5.92. The maximum absolute atomic E-state index is 5.92. The van der Waals surface area contributed by atoms with Crippen molar-refractivity contribution in [2.45, 2.75) is 31.4 Å². The number of rotatable bonds is 4. The van der Waals surface area contributed by atoms with E-state index in [2.05, 4.69) is 0 Å². The molecule has 0 saturated heterocycles. The molecule has 88 valence electrons. The fourth-order valence-corrected chi connectivity index (χ4v) is 3.66. The Hall–Kier alpha value is -0.340. The second-order valence-electron chi connectivity index (χ2n) is 4.51. The van der Waals surface area contributed by atoms with Crippen molar-refractivity contribution in [3.05, 3.63) is 28.8 Å². The van der Waals surface area contributed by atoms with Crippen LogP contribution in [0.25, 0.3) is 0 Å². The van der Waals surface area contributed by atoms with Crippen LogP contribution < -0.4 is 5.73 Å². The highest BCUT2D eigenvalue weighted by Gasteiger charge is 2.14. The Bertz CT molecular complexity index is 348. The van der Waals surface area contributed by atoms with Gasteiger partial charge in [0.25, 0.3) is 0 Å².